The number of pyridine rings is 8. The number of hydrogen-bond donors (Lipinski definition) is 0. The third-order valence-electron chi connectivity index (χ3n) is 17.2. The number of para-hydroxylation sites is 3. The lowest BCUT2D eigenvalue weighted by atomic mass is 10.0. The number of rotatable bonds is 6. The van der Waals surface area contributed by atoms with Crippen LogP contribution in [0.3, 0.4) is 0 Å². The Morgan fingerprint density at radius 3 is 1.27 bits per heavy atom. The second-order valence-corrected chi connectivity index (χ2v) is 25.3. The summed E-state index contributed by atoms with van der Waals surface area (Å²) in [5.74, 6) is 0. The van der Waals surface area contributed by atoms with Crippen molar-refractivity contribution in [1.82, 2.24) is 39.9 Å². The van der Waals surface area contributed by atoms with Crippen LogP contribution in [0.1, 0.15) is 61.9 Å². The van der Waals surface area contributed by atoms with Crippen molar-refractivity contribution in [2.75, 3.05) is 16.8 Å². The fourth-order valence-corrected chi connectivity index (χ4v) is 12.1. The molecule has 512 valence electrons. The molecule has 15 aromatic rings. The normalized spacial score (nSPS) is 11.1. The van der Waals surface area contributed by atoms with Gasteiger partial charge in [0.1, 0.15) is 0 Å². The van der Waals surface area contributed by atoms with Crippen LogP contribution in [-0.4, -0.2) is 46.9 Å². The lowest BCUT2D eigenvalue weighted by Gasteiger charge is -2.27. The van der Waals surface area contributed by atoms with Crippen LogP contribution < -0.4 is 9.80 Å². The Labute approximate surface area is 613 Å². The topological polar surface area (TPSA) is 110 Å². The minimum Gasteiger partial charge on any atom is -0.344 e. The molecule has 0 saturated carbocycles. The fourth-order valence-electron chi connectivity index (χ4n) is 12.1. The fraction of sp³-hybridized carbons (Fsp3) is 0.106. The maximum atomic E-state index is 4.44. The summed E-state index contributed by atoms with van der Waals surface area (Å²) in [6, 6.07) is 99.8. The average Bonchev–Trinajstić information content (AvgIpc) is 1.56. The number of nitrogens with zero attached hydrogens (tertiary/aromatic N) is 10. The number of aryl methyl sites for hydroxylation is 9. The molecule has 0 atom stereocenters. The number of hydrogen-bond acceptors (Lipinski definition) is 10. The number of anilines is 5. The van der Waals surface area contributed by atoms with Crippen LogP contribution in [0.4, 0.5) is 28.4 Å². The van der Waals surface area contributed by atoms with Crippen LogP contribution in [0, 0.1) is 48.5 Å². The monoisotopic (exact) mass is 1350 g/mol. The number of fused-ring (bicyclic) bond motifs is 4. The van der Waals surface area contributed by atoms with Crippen LogP contribution in [0.25, 0.3) is 68.2 Å². The van der Waals surface area contributed by atoms with E-state index in [2.05, 4.69) is 234 Å². The summed E-state index contributed by atoms with van der Waals surface area (Å²) in [6.07, 6.45) is 21.1. The van der Waals surface area contributed by atoms with Crippen molar-refractivity contribution >= 4 is 40.6 Å². The molecule has 104 heavy (non-hydrogen) atoms. The van der Waals surface area contributed by atoms with Gasteiger partial charge in [-0.05, 0) is 234 Å². The maximum Gasteiger partial charge on any atom is 0.0720 e. The summed E-state index contributed by atoms with van der Waals surface area (Å²) in [5, 5.41) is 0. The molecule has 2 aliphatic heterocycles. The van der Waals surface area contributed by atoms with Gasteiger partial charge in [0.25, 0.3) is 0 Å². The molecular formula is C94H86N10. The summed E-state index contributed by atoms with van der Waals surface area (Å²) in [5.41, 5.74) is 30.7. The van der Waals surface area contributed by atoms with Crippen molar-refractivity contribution in [1.29, 1.82) is 0 Å². The molecule has 7 aromatic carbocycles. The van der Waals surface area contributed by atoms with Gasteiger partial charge in [-0.25, -0.2) is 0 Å². The number of aromatic nitrogens is 8. The molecule has 0 unspecified atom stereocenters. The van der Waals surface area contributed by atoms with Crippen LogP contribution in [0.5, 0.6) is 0 Å². The summed E-state index contributed by atoms with van der Waals surface area (Å²) in [7, 11) is 2.16. The van der Waals surface area contributed by atoms with Crippen LogP contribution in [0.15, 0.2) is 341 Å². The highest BCUT2D eigenvalue weighted by Crippen LogP contribution is 2.42. The quantitative estimate of drug-likeness (QED) is 0.160. The van der Waals surface area contributed by atoms with Gasteiger partial charge in [0, 0.05) is 124 Å². The maximum absolute atomic E-state index is 4.44. The molecule has 0 spiro atoms. The highest BCUT2D eigenvalue weighted by Gasteiger charge is 2.20. The van der Waals surface area contributed by atoms with Gasteiger partial charge in [-0.3, -0.25) is 39.9 Å². The van der Waals surface area contributed by atoms with E-state index >= 15 is 0 Å². The molecule has 0 saturated heterocycles. The molecule has 8 aromatic heterocycles. The molecule has 10 heterocycles. The van der Waals surface area contributed by atoms with Crippen molar-refractivity contribution in [2.45, 2.75) is 61.3 Å². The van der Waals surface area contributed by atoms with E-state index in [4.69, 9.17) is 0 Å². The SMILES string of the molecule is Cc1cc(-c2ccccc2)ccn1.Cc1cc(-c2cccnc2)ccn1.Cc1ccc2c(c1)C=Cc1ccccc1N2c1ccccc1.Cc1ccc2c(c1)CCc1ccccc1N2C.Cc1cccc(-c2ccccc2)n1.Cc1cccc(-c2cccnc2)n1.Cc1cccc(-c2ccncc2)n1. The molecule has 0 radical (unpaired) electrons. The lowest BCUT2D eigenvalue weighted by Crippen LogP contribution is -2.11. The summed E-state index contributed by atoms with van der Waals surface area (Å²) in [6.45, 7) is 14.3. The first-order valence-electron chi connectivity index (χ1n) is 35.0. The first-order valence-corrected chi connectivity index (χ1v) is 35.0. The van der Waals surface area contributed by atoms with E-state index in [1.54, 1.807) is 24.8 Å². The predicted molar refractivity (Wildman–Crippen MR) is 433 cm³/mol. The molecule has 0 N–H and O–H groups in total. The molecule has 0 aliphatic carbocycles. The van der Waals surface area contributed by atoms with Crippen molar-refractivity contribution < 1.29 is 0 Å². The second-order valence-electron chi connectivity index (χ2n) is 25.3. The predicted octanol–water partition coefficient (Wildman–Crippen LogP) is 23.3. The van der Waals surface area contributed by atoms with E-state index in [1.807, 2.05) is 199 Å². The first kappa shape index (κ1) is 72.3. The Kier molecular flexibility index (Phi) is 25.7. The van der Waals surface area contributed by atoms with Crippen molar-refractivity contribution in [2.24, 2.45) is 0 Å². The van der Waals surface area contributed by atoms with Gasteiger partial charge in [0.15, 0.2) is 0 Å². The minimum absolute atomic E-state index is 0.980. The smallest absolute Gasteiger partial charge is 0.0720 e. The van der Waals surface area contributed by atoms with Crippen LogP contribution in [0.2, 0.25) is 0 Å². The van der Waals surface area contributed by atoms with E-state index < -0.39 is 0 Å². The zero-order valence-electron chi connectivity index (χ0n) is 60.4. The second kappa shape index (κ2) is 37.0. The van der Waals surface area contributed by atoms with Gasteiger partial charge in [-0.15, -0.1) is 0 Å². The number of benzene rings is 7. The molecular weight excluding hydrogens is 1270 g/mol. The van der Waals surface area contributed by atoms with Crippen LogP contribution >= 0.6 is 0 Å². The molecule has 17 rings (SSSR count). The van der Waals surface area contributed by atoms with Crippen molar-refractivity contribution in [3.05, 3.63) is 403 Å². The lowest BCUT2D eigenvalue weighted by molar-refractivity contribution is 0.975. The molecule has 2 aliphatic rings. The standard InChI is InChI=1S/C21H17N.C16H17N.2C12H11N.3C11H10N2/c1-16-11-14-21-18(15-16)13-12-17-7-5-6-10-20(17)22(21)19-8-3-2-4-9-19;1-12-7-10-16-14(11-12)9-8-13-5-3-4-6-15(13)17(16)2;1-10-6-5-9-12(13-10)11-7-3-2-4-8-11;1-10-9-12(7-8-13-10)11-5-3-2-4-6-11;1-9-4-2-6-11(13-9)10-5-3-7-12-8-10;1-9-7-10(4-6-13-9)11-3-2-5-12-8-11;1-9-3-2-4-11(13-9)10-5-7-12-8-6-10/h2-15H,1H3;3-7,10-11H,8-9H2,1-2H3;2*2-9H,1H3;3*2-8H,1H3. The zero-order chi connectivity index (χ0) is 72.2. The Hall–Kier alpha value is -12.9. The van der Waals surface area contributed by atoms with Gasteiger partial charge in [-0.1, -0.05) is 181 Å². The molecule has 0 bridgehead atoms. The van der Waals surface area contributed by atoms with E-state index in [1.165, 1.54) is 84.1 Å². The van der Waals surface area contributed by atoms with Crippen molar-refractivity contribution in [3.8, 4) is 56.0 Å². The van der Waals surface area contributed by atoms with Gasteiger partial charge in [0.2, 0.25) is 0 Å². The third kappa shape index (κ3) is 20.6. The first-order chi connectivity index (χ1) is 50.9. The Morgan fingerprint density at radius 1 is 0.269 bits per heavy atom. The summed E-state index contributed by atoms with van der Waals surface area (Å²) >= 11 is 0. The van der Waals surface area contributed by atoms with E-state index in [0.29, 0.717) is 0 Å². The third-order valence-corrected chi connectivity index (χ3v) is 17.2. The largest absolute Gasteiger partial charge is 0.344 e. The highest BCUT2D eigenvalue weighted by atomic mass is 15.1. The van der Waals surface area contributed by atoms with Crippen molar-refractivity contribution in [3.63, 3.8) is 0 Å². The molecule has 0 fully saturated rings. The Balaban J connectivity index is 0.000000123. The molecule has 10 nitrogen and oxygen atoms in total. The summed E-state index contributed by atoms with van der Waals surface area (Å²) < 4.78 is 0. The van der Waals surface area contributed by atoms with E-state index in [9.17, 15) is 0 Å². The minimum atomic E-state index is 0.980. The van der Waals surface area contributed by atoms with Gasteiger partial charge >= 0.3 is 0 Å². The molecule has 0 amide bonds. The Morgan fingerprint density at radius 2 is 0.702 bits per heavy atom. The zero-order valence-corrected chi connectivity index (χ0v) is 60.4. The van der Waals surface area contributed by atoms with Crippen LogP contribution in [-0.2, 0) is 12.8 Å². The Bertz CT molecular complexity index is 4720. The van der Waals surface area contributed by atoms with E-state index in [-0.39, 0.29) is 0 Å². The highest BCUT2D eigenvalue weighted by molar-refractivity contribution is 5.93. The van der Waals surface area contributed by atoms with Gasteiger partial charge in [-0.2, -0.15) is 0 Å². The van der Waals surface area contributed by atoms with Gasteiger partial charge < -0.3 is 9.80 Å². The van der Waals surface area contributed by atoms with Gasteiger partial charge in [0.05, 0.1) is 28.5 Å². The average molecular weight is 1360 g/mol. The summed E-state index contributed by atoms with van der Waals surface area (Å²) in [4.78, 5) is 38.3. The molecule has 10 heteroatoms. The van der Waals surface area contributed by atoms with E-state index in [0.717, 1.165) is 75.1 Å².